The first-order valence-electron chi connectivity index (χ1n) is 10.3. The van der Waals surface area contributed by atoms with E-state index in [1.165, 1.54) is 28.2 Å². The van der Waals surface area contributed by atoms with Gasteiger partial charge in [-0.2, -0.15) is 0 Å². The number of hydrogen-bond donors (Lipinski definition) is 4. The molecule has 0 radical (unpaired) electrons. The van der Waals surface area contributed by atoms with Crippen molar-refractivity contribution in [3.8, 4) is 0 Å². The van der Waals surface area contributed by atoms with Crippen molar-refractivity contribution in [2.24, 2.45) is 0 Å². The molecule has 0 bridgehead atoms. The maximum absolute atomic E-state index is 11.2. The lowest BCUT2D eigenvalue weighted by Crippen LogP contribution is -2.32. The van der Waals surface area contributed by atoms with Gasteiger partial charge in [0.25, 0.3) is 5.91 Å². The van der Waals surface area contributed by atoms with Gasteiger partial charge in [-0.05, 0) is 53.7 Å². The highest BCUT2D eigenvalue weighted by atomic mass is 16.5. The highest BCUT2D eigenvalue weighted by molar-refractivity contribution is 5.90. The maximum Gasteiger partial charge on any atom is 0.267 e. The number of aliphatic hydroxyl groups excluding tert-OH is 1. The lowest BCUT2D eigenvalue weighted by atomic mass is 10.0. The molecule has 156 valence electrons. The first kappa shape index (κ1) is 20.3. The highest BCUT2D eigenvalue weighted by Crippen LogP contribution is 2.36. The predicted octanol–water partition coefficient (Wildman–Crippen LogP) is 3.21. The van der Waals surface area contributed by atoms with Crippen LogP contribution < -0.4 is 5.48 Å². The molecule has 1 atom stereocenters. The van der Waals surface area contributed by atoms with Gasteiger partial charge in [0.05, 0.1) is 6.61 Å². The van der Waals surface area contributed by atoms with Crippen LogP contribution in [0.2, 0.25) is 0 Å². The van der Waals surface area contributed by atoms with Crippen molar-refractivity contribution >= 4 is 22.9 Å². The van der Waals surface area contributed by atoms with Gasteiger partial charge in [0.2, 0.25) is 0 Å². The van der Waals surface area contributed by atoms with E-state index >= 15 is 0 Å². The summed E-state index contributed by atoms with van der Waals surface area (Å²) < 4.78 is 0. The molecular weight excluding hydrogens is 378 g/mol. The number of aryl methyl sites for hydroxylation is 1. The van der Waals surface area contributed by atoms with Gasteiger partial charge in [0, 0.05) is 42.3 Å². The van der Waals surface area contributed by atoms with Crippen LogP contribution >= 0.6 is 0 Å². The number of benzene rings is 2. The number of carbonyl (C=O) groups is 1. The molecule has 0 unspecified atom stereocenters. The molecule has 4 rings (SSSR count). The number of hydroxylamine groups is 1. The van der Waals surface area contributed by atoms with Crippen molar-refractivity contribution in [2.45, 2.75) is 25.3 Å². The van der Waals surface area contributed by atoms with Gasteiger partial charge in [0.15, 0.2) is 0 Å². The second kappa shape index (κ2) is 9.26. The molecule has 30 heavy (non-hydrogen) atoms. The van der Waals surface area contributed by atoms with E-state index in [0.717, 1.165) is 36.9 Å². The third kappa shape index (κ3) is 4.31. The molecule has 1 heterocycles. The number of amides is 1. The molecule has 4 N–H and O–H groups in total. The third-order valence-electron chi connectivity index (χ3n) is 5.92. The van der Waals surface area contributed by atoms with Gasteiger partial charge in [-0.1, -0.05) is 36.4 Å². The lowest BCUT2D eigenvalue weighted by molar-refractivity contribution is -0.124. The number of nitrogens with zero attached hydrogens (tertiary/aromatic N) is 1. The van der Waals surface area contributed by atoms with E-state index < -0.39 is 5.91 Å². The van der Waals surface area contributed by atoms with Crippen LogP contribution in [0.1, 0.15) is 34.7 Å². The summed E-state index contributed by atoms with van der Waals surface area (Å²) in [6, 6.07) is 14.9. The standard InChI is InChI=1S/C24H27N3O3/c28-14-13-27(12-11-19-16-25-22-4-2-1-3-20(19)22)23-9-7-18-15-17(5-8-21(18)23)6-10-24(29)26-30/h1-6,8,10,15-16,23,25,28,30H,7,9,11-14H2,(H,26,29)/t23-/m0/s1. The van der Waals surface area contributed by atoms with Gasteiger partial charge < -0.3 is 10.1 Å². The van der Waals surface area contributed by atoms with Crippen molar-refractivity contribution in [2.75, 3.05) is 19.7 Å². The minimum absolute atomic E-state index is 0.136. The monoisotopic (exact) mass is 405 g/mol. The summed E-state index contributed by atoms with van der Waals surface area (Å²) in [5, 5.41) is 19.5. The number of hydrogen-bond acceptors (Lipinski definition) is 4. The minimum atomic E-state index is -0.542. The minimum Gasteiger partial charge on any atom is -0.395 e. The summed E-state index contributed by atoms with van der Waals surface area (Å²) in [5.41, 5.74) is 7.57. The van der Waals surface area contributed by atoms with E-state index in [-0.39, 0.29) is 12.6 Å². The first-order valence-corrected chi connectivity index (χ1v) is 10.3. The van der Waals surface area contributed by atoms with Crippen molar-refractivity contribution in [3.05, 3.63) is 77.0 Å². The number of nitrogens with one attached hydrogen (secondary N) is 2. The molecule has 0 saturated heterocycles. The normalized spacial score (nSPS) is 15.9. The Morgan fingerprint density at radius 2 is 2.10 bits per heavy atom. The van der Waals surface area contributed by atoms with Crippen LogP contribution in [0.3, 0.4) is 0 Å². The highest BCUT2D eigenvalue weighted by Gasteiger charge is 2.27. The molecule has 6 nitrogen and oxygen atoms in total. The largest absolute Gasteiger partial charge is 0.395 e. The average molecular weight is 405 g/mol. The summed E-state index contributed by atoms with van der Waals surface area (Å²) >= 11 is 0. The summed E-state index contributed by atoms with van der Waals surface area (Å²) in [6.45, 7) is 1.66. The zero-order valence-corrected chi connectivity index (χ0v) is 16.8. The van der Waals surface area contributed by atoms with E-state index in [1.807, 2.05) is 12.1 Å². The zero-order chi connectivity index (χ0) is 20.9. The number of aliphatic hydroxyl groups is 1. The van der Waals surface area contributed by atoms with Gasteiger partial charge in [-0.15, -0.1) is 0 Å². The number of para-hydroxylation sites is 1. The Balaban J connectivity index is 1.49. The Morgan fingerprint density at radius 3 is 2.93 bits per heavy atom. The van der Waals surface area contributed by atoms with Crippen molar-refractivity contribution in [1.29, 1.82) is 0 Å². The molecule has 0 aliphatic heterocycles. The fourth-order valence-corrected chi connectivity index (χ4v) is 4.46. The molecule has 1 amide bonds. The summed E-state index contributed by atoms with van der Waals surface area (Å²) in [4.78, 5) is 16.9. The van der Waals surface area contributed by atoms with Crippen LogP contribution in [0, 0.1) is 0 Å². The number of H-pyrrole nitrogens is 1. The molecule has 1 aromatic heterocycles. The van der Waals surface area contributed by atoms with Gasteiger partial charge >= 0.3 is 0 Å². The smallest absolute Gasteiger partial charge is 0.267 e. The van der Waals surface area contributed by atoms with Crippen molar-refractivity contribution in [1.82, 2.24) is 15.4 Å². The molecular formula is C24H27N3O3. The lowest BCUT2D eigenvalue weighted by Gasteiger charge is -2.29. The van der Waals surface area contributed by atoms with Crippen LogP contribution in [0.25, 0.3) is 17.0 Å². The number of fused-ring (bicyclic) bond motifs is 2. The fourth-order valence-electron chi connectivity index (χ4n) is 4.46. The Bertz CT molecular complexity index is 1060. The van der Waals surface area contributed by atoms with Crippen LogP contribution in [0.15, 0.2) is 54.7 Å². The molecule has 1 aliphatic carbocycles. The second-order valence-corrected chi connectivity index (χ2v) is 7.69. The van der Waals surface area contributed by atoms with Crippen molar-refractivity contribution in [3.63, 3.8) is 0 Å². The Labute approximate surface area is 175 Å². The van der Waals surface area contributed by atoms with E-state index in [1.54, 1.807) is 11.6 Å². The maximum atomic E-state index is 11.2. The van der Waals surface area contributed by atoms with E-state index in [9.17, 15) is 9.90 Å². The quantitative estimate of drug-likeness (QED) is 0.263. The molecule has 0 fully saturated rings. The molecule has 1 aliphatic rings. The van der Waals surface area contributed by atoms with Gasteiger partial charge in [-0.25, -0.2) is 5.48 Å². The van der Waals surface area contributed by atoms with Crippen molar-refractivity contribution < 1.29 is 15.1 Å². The summed E-state index contributed by atoms with van der Waals surface area (Å²) in [5.74, 6) is -0.542. The predicted molar refractivity (Wildman–Crippen MR) is 117 cm³/mol. The summed E-state index contributed by atoms with van der Waals surface area (Å²) in [6.07, 6.45) is 8.02. The topological polar surface area (TPSA) is 88.6 Å². The second-order valence-electron chi connectivity index (χ2n) is 7.69. The molecule has 3 aromatic rings. The van der Waals surface area contributed by atoms with E-state index in [2.05, 4.69) is 46.4 Å². The molecule has 0 saturated carbocycles. The SMILES string of the molecule is O=C(C=Cc1ccc2c(c1)CC[C@@H]2N(CCO)CCc1c[nH]c2ccccc12)NO. The van der Waals surface area contributed by atoms with Crippen LogP contribution in [-0.4, -0.2) is 45.8 Å². The Hall–Kier alpha value is -2.93. The molecule has 2 aromatic carbocycles. The summed E-state index contributed by atoms with van der Waals surface area (Å²) in [7, 11) is 0. The Kier molecular flexibility index (Phi) is 6.28. The van der Waals surface area contributed by atoms with E-state index in [4.69, 9.17) is 5.21 Å². The van der Waals surface area contributed by atoms with Gasteiger partial charge in [0.1, 0.15) is 0 Å². The number of aromatic amines is 1. The van der Waals surface area contributed by atoms with Crippen LogP contribution in [-0.2, 0) is 17.6 Å². The third-order valence-corrected chi connectivity index (χ3v) is 5.92. The number of aromatic nitrogens is 1. The zero-order valence-electron chi connectivity index (χ0n) is 16.8. The number of carbonyl (C=O) groups excluding carboxylic acids is 1. The van der Waals surface area contributed by atoms with Gasteiger partial charge in [-0.3, -0.25) is 14.9 Å². The average Bonchev–Trinajstić information content (AvgIpc) is 3.39. The van der Waals surface area contributed by atoms with E-state index in [0.29, 0.717) is 6.54 Å². The van der Waals surface area contributed by atoms with Crippen LogP contribution in [0.4, 0.5) is 0 Å². The van der Waals surface area contributed by atoms with Crippen LogP contribution in [0.5, 0.6) is 0 Å². The fraction of sp³-hybridized carbons (Fsp3) is 0.292. The first-order chi connectivity index (χ1) is 14.7. The Morgan fingerprint density at radius 1 is 1.23 bits per heavy atom. The number of rotatable bonds is 8. The molecule has 6 heteroatoms. The molecule has 0 spiro atoms.